The van der Waals surface area contributed by atoms with Gasteiger partial charge < -0.3 is 18.6 Å². The summed E-state index contributed by atoms with van der Waals surface area (Å²) in [6.07, 6.45) is 0.908. The van der Waals surface area contributed by atoms with Crippen molar-refractivity contribution in [3.05, 3.63) is 74.5 Å². The van der Waals surface area contributed by atoms with Crippen LogP contribution in [0, 0.1) is 19.8 Å². The SMILES string of the molecule is Cc1cc([C@@H](C)Oc2ccc(Cl)nc2F)c2oc(-c3cnc4c(c3)OCO4)c(C)c(=O)c2c1. The minimum Gasteiger partial charge on any atom is -0.481 e. The van der Waals surface area contributed by atoms with Crippen LogP contribution in [-0.4, -0.2) is 16.8 Å². The summed E-state index contributed by atoms with van der Waals surface area (Å²) in [6, 6.07) is 8.16. The van der Waals surface area contributed by atoms with Gasteiger partial charge in [0.25, 0.3) is 11.8 Å². The Balaban J connectivity index is 1.65. The Kier molecular flexibility index (Phi) is 5.17. The predicted molar refractivity (Wildman–Crippen MR) is 120 cm³/mol. The van der Waals surface area contributed by atoms with Gasteiger partial charge in [0.1, 0.15) is 22.6 Å². The number of benzene rings is 1. The minimum atomic E-state index is -0.823. The first-order valence-electron chi connectivity index (χ1n) is 10.1. The molecule has 1 atom stereocenters. The lowest BCUT2D eigenvalue weighted by molar-refractivity contribution is 0.171. The van der Waals surface area contributed by atoms with Gasteiger partial charge in [-0.25, -0.2) is 9.97 Å². The molecule has 1 aliphatic rings. The number of aromatic nitrogens is 2. The highest BCUT2D eigenvalue weighted by Crippen LogP contribution is 2.37. The fourth-order valence-electron chi connectivity index (χ4n) is 3.80. The van der Waals surface area contributed by atoms with Crippen molar-refractivity contribution in [2.75, 3.05) is 6.79 Å². The molecule has 168 valence electrons. The highest BCUT2D eigenvalue weighted by Gasteiger charge is 2.23. The average Bonchev–Trinajstić information content (AvgIpc) is 3.26. The lowest BCUT2D eigenvalue weighted by Crippen LogP contribution is -2.12. The number of hydrogen-bond acceptors (Lipinski definition) is 7. The third-order valence-corrected chi connectivity index (χ3v) is 5.62. The standard InChI is InChI=1S/C24H18ClFN2O5/c1-11-6-15(13(3)32-17-4-5-19(25)28-23(17)26)22-16(7-11)20(29)12(2)21(33-22)14-8-18-24(27-9-14)31-10-30-18/h4-9,13H,10H2,1-3H3/t13-/m1/s1. The van der Waals surface area contributed by atoms with Crippen LogP contribution in [0.4, 0.5) is 4.39 Å². The monoisotopic (exact) mass is 468 g/mol. The van der Waals surface area contributed by atoms with E-state index in [2.05, 4.69) is 9.97 Å². The molecule has 5 rings (SSSR count). The normalized spacial score (nSPS) is 13.4. The Labute approximate surface area is 192 Å². The van der Waals surface area contributed by atoms with Crippen molar-refractivity contribution in [2.24, 2.45) is 0 Å². The van der Waals surface area contributed by atoms with Gasteiger partial charge in [0.2, 0.25) is 6.79 Å². The van der Waals surface area contributed by atoms with Crippen LogP contribution in [0.2, 0.25) is 5.15 Å². The van der Waals surface area contributed by atoms with Gasteiger partial charge in [-0.05, 0) is 56.7 Å². The van der Waals surface area contributed by atoms with Gasteiger partial charge in [0.15, 0.2) is 16.9 Å². The van der Waals surface area contributed by atoms with E-state index in [4.69, 9.17) is 30.2 Å². The second-order valence-corrected chi connectivity index (χ2v) is 8.12. The third kappa shape index (κ3) is 3.76. The van der Waals surface area contributed by atoms with Gasteiger partial charge >= 0.3 is 0 Å². The first kappa shape index (κ1) is 21.2. The molecule has 33 heavy (non-hydrogen) atoms. The smallest absolute Gasteiger partial charge is 0.260 e. The van der Waals surface area contributed by atoms with Gasteiger partial charge in [0, 0.05) is 22.9 Å². The van der Waals surface area contributed by atoms with Crippen LogP contribution in [0.1, 0.15) is 29.7 Å². The molecule has 1 aromatic carbocycles. The number of aryl methyl sites for hydroxylation is 1. The van der Waals surface area contributed by atoms with Crippen LogP contribution in [0.5, 0.6) is 17.4 Å². The Bertz CT molecular complexity index is 1470. The number of halogens is 2. The Morgan fingerprint density at radius 1 is 1.18 bits per heavy atom. The van der Waals surface area contributed by atoms with E-state index in [0.29, 0.717) is 45.0 Å². The van der Waals surface area contributed by atoms with Crippen molar-refractivity contribution in [1.29, 1.82) is 0 Å². The lowest BCUT2D eigenvalue weighted by atomic mass is 10.00. The van der Waals surface area contributed by atoms with Crippen LogP contribution in [0.3, 0.4) is 0 Å². The first-order chi connectivity index (χ1) is 15.8. The van der Waals surface area contributed by atoms with Crippen molar-refractivity contribution >= 4 is 22.6 Å². The van der Waals surface area contributed by atoms with Gasteiger partial charge in [-0.1, -0.05) is 11.6 Å². The molecule has 4 aromatic rings. The highest BCUT2D eigenvalue weighted by atomic mass is 35.5. The summed E-state index contributed by atoms with van der Waals surface area (Å²) in [5, 5.41) is 0.432. The molecular weight excluding hydrogens is 451 g/mol. The van der Waals surface area contributed by atoms with E-state index in [0.717, 1.165) is 5.56 Å². The molecule has 4 heterocycles. The molecule has 0 fully saturated rings. The van der Waals surface area contributed by atoms with E-state index in [1.807, 2.05) is 13.0 Å². The van der Waals surface area contributed by atoms with Gasteiger partial charge in [-0.3, -0.25) is 4.79 Å². The van der Waals surface area contributed by atoms with Crippen LogP contribution >= 0.6 is 11.6 Å². The second-order valence-electron chi connectivity index (χ2n) is 7.73. The van der Waals surface area contributed by atoms with Crippen molar-refractivity contribution in [3.8, 4) is 28.7 Å². The molecule has 0 N–H and O–H groups in total. The van der Waals surface area contributed by atoms with E-state index in [1.54, 1.807) is 32.2 Å². The molecule has 9 heteroatoms. The molecule has 0 bridgehead atoms. The largest absolute Gasteiger partial charge is 0.481 e. The number of hydrogen-bond donors (Lipinski definition) is 0. The van der Waals surface area contributed by atoms with Gasteiger partial charge in [-0.15, -0.1) is 0 Å². The fraction of sp³-hybridized carbons (Fsp3) is 0.208. The maximum absolute atomic E-state index is 14.2. The summed E-state index contributed by atoms with van der Waals surface area (Å²) in [5.41, 5.74) is 2.60. The van der Waals surface area contributed by atoms with Crippen LogP contribution in [-0.2, 0) is 0 Å². The summed E-state index contributed by atoms with van der Waals surface area (Å²) in [6.45, 7) is 5.39. The van der Waals surface area contributed by atoms with Gasteiger partial charge in [-0.2, -0.15) is 4.39 Å². The summed E-state index contributed by atoms with van der Waals surface area (Å²) in [5.74, 6) is 0.333. The Hall–Kier alpha value is -3.65. The summed E-state index contributed by atoms with van der Waals surface area (Å²) < 4.78 is 37.0. The van der Waals surface area contributed by atoms with Gasteiger partial charge in [0.05, 0.1) is 5.39 Å². The maximum Gasteiger partial charge on any atom is 0.260 e. The Morgan fingerprint density at radius 2 is 2.00 bits per heavy atom. The van der Waals surface area contributed by atoms with E-state index >= 15 is 0 Å². The summed E-state index contributed by atoms with van der Waals surface area (Å²) >= 11 is 5.73. The van der Waals surface area contributed by atoms with Crippen LogP contribution in [0.15, 0.2) is 45.7 Å². The zero-order valence-electron chi connectivity index (χ0n) is 17.9. The fourth-order valence-corrected chi connectivity index (χ4v) is 3.94. The number of fused-ring (bicyclic) bond motifs is 2. The minimum absolute atomic E-state index is 0.0250. The number of pyridine rings is 2. The molecule has 0 spiro atoms. The zero-order valence-corrected chi connectivity index (χ0v) is 18.7. The molecule has 7 nitrogen and oxygen atoms in total. The van der Waals surface area contributed by atoms with E-state index in [1.165, 1.54) is 12.1 Å². The molecule has 0 radical (unpaired) electrons. The van der Waals surface area contributed by atoms with Crippen molar-refractivity contribution < 1.29 is 23.0 Å². The van der Waals surface area contributed by atoms with E-state index in [9.17, 15) is 9.18 Å². The topological polar surface area (TPSA) is 83.7 Å². The molecule has 0 saturated heterocycles. The molecule has 0 saturated carbocycles. The number of nitrogens with zero attached hydrogens (tertiary/aromatic N) is 2. The lowest BCUT2D eigenvalue weighted by Gasteiger charge is -2.18. The van der Waals surface area contributed by atoms with Crippen LogP contribution < -0.4 is 19.6 Å². The first-order valence-corrected chi connectivity index (χ1v) is 10.5. The van der Waals surface area contributed by atoms with Crippen LogP contribution in [0.25, 0.3) is 22.3 Å². The summed E-state index contributed by atoms with van der Waals surface area (Å²) in [4.78, 5) is 21.1. The van der Waals surface area contributed by atoms with Crippen molar-refractivity contribution in [2.45, 2.75) is 26.9 Å². The number of ether oxygens (including phenoxy) is 3. The average molecular weight is 469 g/mol. The van der Waals surface area contributed by atoms with E-state index < -0.39 is 12.1 Å². The quantitative estimate of drug-likeness (QED) is 0.364. The van der Waals surface area contributed by atoms with Crippen molar-refractivity contribution in [3.63, 3.8) is 0 Å². The number of rotatable bonds is 4. The van der Waals surface area contributed by atoms with E-state index in [-0.39, 0.29) is 23.1 Å². The highest BCUT2D eigenvalue weighted by molar-refractivity contribution is 6.29. The predicted octanol–water partition coefficient (Wildman–Crippen LogP) is 5.53. The molecular formula is C24H18ClFN2O5. The second kappa shape index (κ2) is 8.04. The molecule has 1 aliphatic heterocycles. The third-order valence-electron chi connectivity index (χ3n) is 5.40. The molecule has 0 aliphatic carbocycles. The molecule has 0 amide bonds. The Morgan fingerprint density at radius 3 is 2.79 bits per heavy atom. The zero-order chi connectivity index (χ0) is 23.3. The molecule has 0 unspecified atom stereocenters. The maximum atomic E-state index is 14.2. The molecule has 3 aromatic heterocycles. The summed E-state index contributed by atoms with van der Waals surface area (Å²) in [7, 11) is 0. The van der Waals surface area contributed by atoms with Crippen molar-refractivity contribution in [1.82, 2.24) is 9.97 Å².